The first kappa shape index (κ1) is 36.5. The van der Waals surface area contributed by atoms with Gasteiger partial charge in [0.15, 0.2) is 0 Å². The second kappa shape index (κ2) is 16.7. The quantitative estimate of drug-likeness (QED) is 0.134. The van der Waals surface area contributed by atoms with E-state index in [2.05, 4.69) is 107 Å². The molecule has 7 nitrogen and oxygen atoms in total. The number of aromatic nitrogens is 1. The smallest absolute Gasteiger partial charge is 0.119 e. The molecular formula is C38H47IN6OS. The number of nitrogens with zero attached hydrogens (tertiary/aromatic N) is 4. The summed E-state index contributed by atoms with van der Waals surface area (Å²) in [7, 11) is 0. The molecule has 1 saturated heterocycles. The van der Waals surface area contributed by atoms with E-state index in [1.54, 1.807) is 23.5 Å². The van der Waals surface area contributed by atoms with E-state index in [0.29, 0.717) is 34.9 Å². The highest BCUT2D eigenvalue weighted by Gasteiger charge is 2.46. The van der Waals surface area contributed by atoms with Crippen molar-refractivity contribution in [3.05, 3.63) is 127 Å². The van der Waals surface area contributed by atoms with Gasteiger partial charge in [-0.1, -0.05) is 60.9 Å². The minimum Gasteiger partial charge on any atom is -0.497 e. The second-order valence-electron chi connectivity index (χ2n) is 12.1. The van der Waals surface area contributed by atoms with Crippen LogP contribution in [0.4, 0.5) is 0 Å². The van der Waals surface area contributed by atoms with Crippen molar-refractivity contribution < 1.29 is 4.74 Å². The summed E-state index contributed by atoms with van der Waals surface area (Å²) in [5, 5.41) is 11.4. The molecule has 2 atom stereocenters. The van der Waals surface area contributed by atoms with Crippen molar-refractivity contribution in [3.8, 4) is 0 Å². The molecule has 1 aliphatic carbocycles. The van der Waals surface area contributed by atoms with Crippen LogP contribution in [0.15, 0.2) is 122 Å². The third-order valence-electron chi connectivity index (χ3n) is 8.54. The van der Waals surface area contributed by atoms with Gasteiger partial charge in [0.2, 0.25) is 0 Å². The molecule has 1 aromatic rings. The Bertz CT molecular complexity index is 1660. The number of thiazole rings is 1. The maximum atomic E-state index is 8.11. The zero-order valence-electron chi connectivity index (χ0n) is 28.3. The highest BCUT2D eigenvalue weighted by molar-refractivity contribution is 14.1. The van der Waals surface area contributed by atoms with Gasteiger partial charge in [-0.05, 0) is 81.5 Å². The first-order chi connectivity index (χ1) is 22.6. The summed E-state index contributed by atoms with van der Waals surface area (Å²) in [4.78, 5) is 13.7. The second-order valence-corrected chi connectivity index (χ2v) is 13.9. The third-order valence-corrected chi connectivity index (χ3v) is 10.8. The van der Waals surface area contributed by atoms with Gasteiger partial charge in [0.25, 0.3) is 0 Å². The molecule has 2 bridgehead atoms. The van der Waals surface area contributed by atoms with Crippen LogP contribution < -0.4 is 5.43 Å². The molecule has 1 fully saturated rings. The van der Waals surface area contributed by atoms with Gasteiger partial charge in [-0.2, -0.15) is 0 Å². The van der Waals surface area contributed by atoms with Gasteiger partial charge in [0.1, 0.15) is 16.3 Å². The minimum atomic E-state index is -0.556. The van der Waals surface area contributed by atoms with E-state index in [1.807, 2.05) is 25.3 Å². The Morgan fingerprint density at radius 3 is 2.83 bits per heavy atom. The van der Waals surface area contributed by atoms with Gasteiger partial charge in [0, 0.05) is 59.6 Å². The number of fused-ring (bicyclic) bond motifs is 1. The van der Waals surface area contributed by atoms with Crippen molar-refractivity contribution in [2.75, 3.05) is 19.7 Å². The fourth-order valence-electron chi connectivity index (χ4n) is 5.78. The Morgan fingerprint density at radius 1 is 1.36 bits per heavy atom. The summed E-state index contributed by atoms with van der Waals surface area (Å²) >= 11 is 4.10. The van der Waals surface area contributed by atoms with Gasteiger partial charge >= 0.3 is 0 Å². The standard InChI is InChI=1S/C38H47IN6OS/c1-9-13-35-28(6)30-14-12-15-33-36(21-30)45(27(5)17-20-46-29(7)32(23-40)34(11-3)42-35)43-38(33,8)37-41-24-31(47-37)25-44(18-10-2)19-16-26(4)22-39/h9,11-13,15,21-24,27,40,43H,1,3,6,10,16-20,25H2,2,4-5,7-8H3/b26-22-,32-29-,35-13-,40-23?,42-34+/t27-,38?/m0/s1. The molecule has 0 amide bonds. The van der Waals surface area contributed by atoms with Crippen LogP contribution in [-0.2, 0) is 16.8 Å². The van der Waals surface area contributed by atoms with Gasteiger partial charge in [-0.3, -0.25) is 4.90 Å². The zero-order chi connectivity index (χ0) is 34.1. The Labute approximate surface area is 298 Å². The lowest BCUT2D eigenvalue weighted by Crippen LogP contribution is -2.46. The van der Waals surface area contributed by atoms with Crippen molar-refractivity contribution in [3.63, 3.8) is 0 Å². The monoisotopic (exact) mass is 762 g/mol. The van der Waals surface area contributed by atoms with Gasteiger partial charge < -0.3 is 15.2 Å². The SMILES string of the molecule is C=C\C=C1/N=C(C=C)/C(C=N)=C(/C)OCC[C@H](C)N2NC(C)(c3ncc(CN(CCC)CC/C(C)=C\I)s3)C3=CC=C=C(C=C32)C1=C. The Morgan fingerprint density at radius 2 is 2.15 bits per heavy atom. The largest absolute Gasteiger partial charge is 0.497 e. The molecule has 4 rings (SSSR count). The number of aliphatic imine (C=N–C) groups is 1. The zero-order valence-corrected chi connectivity index (χ0v) is 31.3. The molecule has 1 aromatic heterocycles. The highest BCUT2D eigenvalue weighted by atomic mass is 127. The summed E-state index contributed by atoms with van der Waals surface area (Å²) in [6.07, 6.45) is 17.6. The lowest BCUT2D eigenvalue weighted by Gasteiger charge is -2.30. The van der Waals surface area contributed by atoms with Crippen molar-refractivity contribution in [2.45, 2.75) is 72.0 Å². The van der Waals surface area contributed by atoms with Crippen molar-refractivity contribution >= 4 is 45.9 Å². The van der Waals surface area contributed by atoms with Crippen LogP contribution in [-0.4, -0.2) is 52.6 Å². The molecule has 0 saturated carbocycles. The Hall–Kier alpha value is -3.34. The summed E-state index contributed by atoms with van der Waals surface area (Å²) in [6, 6.07) is 0.0719. The van der Waals surface area contributed by atoms with Gasteiger partial charge in [-0.25, -0.2) is 15.4 Å². The molecule has 2 aliphatic heterocycles. The molecule has 2 N–H and O–H groups in total. The number of hydrazine groups is 1. The van der Waals surface area contributed by atoms with Crippen LogP contribution in [0.5, 0.6) is 0 Å². The number of ether oxygens (including phenoxy) is 1. The summed E-state index contributed by atoms with van der Waals surface area (Å²) in [6.45, 7) is 26.5. The van der Waals surface area contributed by atoms with Crippen LogP contribution in [0.3, 0.4) is 0 Å². The van der Waals surface area contributed by atoms with Crippen LogP contribution in [0.1, 0.15) is 63.8 Å². The maximum absolute atomic E-state index is 8.11. The fraction of sp³-hybridized carbons (Fsp3) is 0.368. The van der Waals surface area contributed by atoms with Crippen LogP contribution in [0.2, 0.25) is 0 Å². The van der Waals surface area contributed by atoms with Crippen molar-refractivity contribution in [1.29, 1.82) is 5.41 Å². The van der Waals surface area contributed by atoms with Crippen LogP contribution in [0.25, 0.3) is 0 Å². The molecule has 9 heteroatoms. The lowest BCUT2D eigenvalue weighted by molar-refractivity contribution is 0.131. The third kappa shape index (κ3) is 8.39. The van der Waals surface area contributed by atoms with Gasteiger partial charge in [-0.15, -0.1) is 17.1 Å². The predicted octanol–water partition coefficient (Wildman–Crippen LogP) is 9.01. The average molecular weight is 763 g/mol. The molecule has 0 spiro atoms. The number of hydrogen-bond acceptors (Lipinski definition) is 8. The molecule has 1 unspecified atom stereocenters. The van der Waals surface area contributed by atoms with E-state index < -0.39 is 5.54 Å². The van der Waals surface area contributed by atoms with E-state index in [9.17, 15) is 0 Å². The van der Waals surface area contributed by atoms with E-state index in [4.69, 9.17) is 20.1 Å². The molecule has 3 heterocycles. The fourth-order valence-corrected chi connectivity index (χ4v) is 7.16. The normalized spacial score (nSPS) is 25.7. The van der Waals surface area contributed by atoms with E-state index >= 15 is 0 Å². The van der Waals surface area contributed by atoms with E-state index in [0.717, 1.165) is 60.7 Å². The topological polar surface area (TPSA) is 76.8 Å². The molecule has 248 valence electrons. The molecular weight excluding hydrogens is 715 g/mol. The summed E-state index contributed by atoms with van der Waals surface area (Å²) in [5.74, 6) is 0.620. The number of hydrogen-bond donors (Lipinski definition) is 2. The van der Waals surface area contributed by atoms with Crippen LogP contribution in [0, 0.1) is 5.41 Å². The molecule has 47 heavy (non-hydrogen) atoms. The molecule has 0 radical (unpaired) electrons. The van der Waals surface area contributed by atoms with E-state index in [-0.39, 0.29) is 6.04 Å². The van der Waals surface area contributed by atoms with Crippen molar-refractivity contribution in [1.82, 2.24) is 20.3 Å². The summed E-state index contributed by atoms with van der Waals surface area (Å²) in [5.41, 5.74) is 13.5. The maximum Gasteiger partial charge on any atom is 0.119 e. The predicted molar refractivity (Wildman–Crippen MR) is 207 cm³/mol. The first-order valence-corrected chi connectivity index (χ1v) is 18.1. The lowest BCUT2D eigenvalue weighted by atomic mass is 9.91. The average Bonchev–Trinajstić information content (AvgIpc) is 3.56. The number of halogens is 1. The highest BCUT2D eigenvalue weighted by Crippen LogP contribution is 2.45. The molecule has 0 aromatic carbocycles. The number of allylic oxidation sites excluding steroid dienone is 8. The van der Waals surface area contributed by atoms with Crippen molar-refractivity contribution in [2.24, 2.45) is 4.99 Å². The number of nitrogens with one attached hydrogen (secondary N) is 2. The minimum absolute atomic E-state index is 0.0719. The van der Waals surface area contributed by atoms with Gasteiger partial charge in [0.05, 0.1) is 29.3 Å². The number of rotatable bonds is 11. The Balaban J connectivity index is 1.75. The van der Waals surface area contributed by atoms with Crippen LogP contribution >= 0.6 is 33.9 Å². The summed E-state index contributed by atoms with van der Waals surface area (Å²) < 4.78 is 8.37. The van der Waals surface area contributed by atoms with E-state index in [1.165, 1.54) is 16.7 Å². The molecule has 3 aliphatic rings. The first-order valence-electron chi connectivity index (χ1n) is 16.1. The Kier molecular flexibility index (Phi) is 12.9.